The number of nitrogens with zero attached hydrogens (tertiary/aromatic N) is 2. The number of hydrogen-bond acceptors (Lipinski definition) is 6. The number of rotatable bonds is 7. The highest BCUT2D eigenvalue weighted by Gasteiger charge is 2.14. The molecular formula is C20H16ClN3O5. The second-order valence-corrected chi connectivity index (χ2v) is 6.38. The van der Waals surface area contributed by atoms with Crippen molar-refractivity contribution in [2.24, 2.45) is 5.10 Å². The third-order valence-electron chi connectivity index (χ3n) is 3.88. The highest BCUT2D eigenvalue weighted by Crippen LogP contribution is 2.27. The fourth-order valence-corrected chi connectivity index (χ4v) is 2.58. The molecule has 0 aliphatic carbocycles. The number of benzene rings is 2. The third-order valence-corrected chi connectivity index (χ3v) is 4.29. The first-order valence-corrected chi connectivity index (χ1v) is 8.86. The smallest absolute Gasteiger partial charge is 0.310 e. The SMILES string of the molecule is Cc1ccc(-c2ccc(/C=N/NC(=O)COc3ccccc3[N+](=O)[O-])o2)cc1Cl. The molecule has 0 aliphatic rings. The predicted molar refractivity (Wildman–Crippen MR) is 108 cm³/mol. The van der Waals surface area contributed by atoms with Gasteiger partial charge in [-0.05, 0) is 36.8 Å². The van der Waals surface area contributed by atoms with Gasteiger partial charge in [0.2, 0.25) is 0 Å². The Hall–Kier alpha value is -3.65. The van der Waals surface area contributed by atoms with Gasteiger partial charge >= 0.3 is 5.69 Å². The zero-order valence-electron chi connectivity index (χ0n) is 15.3. The normalized spacial score (nSPS) is 10.8. The van der Waals surface area contributed by atoms with Crippen LogP contribution in [-0.4, -0.2) is 23.7 Å². The quantitative estimate of drug-likeness (QED) is 0.352. The van der Waals surface area contributed by atoms with Crippen LogP contribution < -0.4 is 10.2 Å². The van der Waals surface area contributed by atoms with Crippen molar-refractivity contribution in [2.45, 2.75) is 6.92 Å². The van der Waals surface area contributed by atoms with E-state index in [0.717, 1.165) is 11.1 Å². The van der Waals surface area contributed by atoms with E-state index in [1.54, 1.807) is 24.3 Å². The minimum atomic E-state index is -0.582. The minimum absolute atomic E-state index is 0.00376. The zero-order chi connectivity index (χ0) is 20.8. The molecule has 9 heteroatoms. The fraction of sp³-hybridized carbons (Fsp3) is 0.100. The highest BCUT2D eigenvalue weighted by molar-refractivity contribution is 6.31. The maximum absolute atomic E-state index is 11.8. The average Bonchev–Trinajstić information content (AvgIpc) is 3.17. The Labute approximate surface area is 170 Å². The van der Waals surface area contributed by atoms with Crippen molar-refractivity contribution in [3.63, 3.8) is 0 Å². The van der Waals surface area contributed by atoms with E-state index in [0.29, 0.717) is 16.5 Å². The first-order chi connectivity index (χ1) is 13.9. The van der Waals surface area contributed by atoms with Crippen molar-refractivity contribution in [3.8, 4) is 17.1 Å². The first-order valence-electron chi connectivity index (χ1n) is 8.48. The van der Waals surface area contributed by atoms with Gasteiger partial charge in [-0.15, -0.1) is 0 Å². The number of aryl methyl sites for hydroxylation is 1. The number of halogens is 1. The first kappa shape index (κ1) is 20.1. The van der Waals surface area contributed by atoms with Crippen LogP contribution in [0.3, 0.4) is 0 Å². The lowest BCUT2D eigenvalue weighted by Gasteiger charge is -2.05. The van der Waals surface area contributed by atoms with Crippen LogP contribution >= 0.6 is 11.6 Å². The molecule has 1 heterocycles. The highest BCUT2D eigenvalue weighted by atomic mass is 35.5. The number of ether oxygens (including phenoxy) is 1. The Morgan fingerprint density at radius 1 is 1.28 bits per heavy atom. The van der Waals surface area contributed by atoms with Gasteiger partial charge < -0.3 is 9.15 Å². The van der Waals surface area contributed by atoms with Crippen LogP contribution in [0.4, 0.5) is 5.69 Å². The molecule has 0 saturated heterocycles. The van der Waals surface area contributed by atoms with Crippen LogP contribution in [0.25, 0.3) is 11.3 Å². The van der Waals surface area contributed by atoms with E-state index in [2.05, 4.69) is 10.5 Å². The summed E-state index contributed by atoms with van der Waals surface area (Å²) < 4.78 is 10.8. The number of nitro benzene ring substituents is 1. The van der Waals surface area contributed by atoms with Gasteiger partial charge in [0.15, 0.2) is 12.4 Å². The maximum Gasteiger partial charge on any atom is 0.310 e. The molecule has 29 heavy (non-hydrogen) atoms. The Bertz CT molecular complexity index is 1080. The summed E-state index contributed by atoms with van der Waals surface area (Å²) in [5.41, 5.74) is 3.84. The molecule has 0 spiro atoms. The number of nitrogens with one attached hydrogen (secondary N) is 1. The number of amides is 1. The van der Waals surface area contributed by atoms with Crippen molar-refractivity contribution in [2.75, 3.05) is 6.61 Å². The topological polar surface area (TPSA) is 107 Å². The van der Waals surface area contributed by atoms with Gasteiger partial charge in [-0.2, -0.15) is 5.10 Å². The molecule has 0 unspecified atom stereocenters. The molecule has 0 atom stereocenters. The Morgan fingerprint density at radius 3 is 2.83 bits per heavy atom. The van der Waals surface area contributed by atoms with Gasteiger partial charge in [-0.3, -0.25) is 14.9 Å². The van der Waals surface area contributed by atoms with Gasteiger partial charge in [0.1, 0.15) is 11.5 Å². The molecular weight excluding hydrogens is 398 g/mol. The Balaban J connectivity index is 1.55. The summed E-state index contributed by atoms with van der Waals surface area (Å²) in [5, 5.41) is 15.3. The van der Waals surface area contributed by atoms with Crippen molar-refractivity contribution < 1.29 is 18.9 Å². The molecule has 1 amide bonds. The number of hydrazone groups is 1. The lowest BCUT2D eigenvalue weighted by atomic mass is 10.1. The van der Waals surface area contributed by atoms with Crippen LogP contribution in [0.2, 0.25) is 5.02 Å². The maximum atomic E-state index is 11.8. The van der Waals surface area contributed by atoms with Crippen LogP contribution in [0.5, 0.6) is 5.75 Å². The van der Waals surface area contributed by atoms with E-state index in [9.17, 15) is 14.9 Å². The summed E-state index contributed by atoms with van der Waals surface area (Å²) in [6.07, 6.45) is 1.34. The molecule has 1 N–H and O–H groups in total. The summed E-state index contributed by atoms with van der Waals surface area (Å²) in [7, 11) is 0. The number of carbonyl (C=O) groups is 1. The third kappa shape index (κ3) is 5.20. The Kier molecular flexibility index (Phi) is 6.25. The van der Waals surface area contributed by atoms with E-state index >= 15 is 0 Å². The molecule has 0 saturated carbocycles. The van der Waals surface area contributed by atoms with Gasteiger partial charge in [-0.1, -0.05) is 35.9 Å². The van der Waals surface area contributed by atoms with Gasteiger partial charge in [0.05, 0.1) is 11.1 Å². The predicted octanol–water partition coefficient (Wildman–Crippen LogP) is 4.35. The van der Waals surface area contributed by atoms with Crippen LogP contribution in [0, 0.1) is 17.0 Å². The summed E-state index contributed by atoms with van der Waals surface area (Å²) in [5.74, 6) is 0.469. The monoisotopic (exact) mass is 413 g/mol. The van der Waals surface area contributed by atoms with Gasteiger partial charge in [0, 0.05) is 16.7 Å². The fourth-order valence-electron chi connectivity index (χ4n) is 2.40. The number of nitro groups is 1. The number of furan rings is 1. The van der Waals surface area contributed by atoms with Gasteiger partial charge in [-0.25, -0.2) is 5.43 Å². The zero-order valence-corrected chi connectivity index (χ0v) is 16.1. The molecule has 3 rings (SSSR count). The van der Waals surface area contributed by atoms with Gasteiger partial charge in [0.25, 0.3) is 5.91 Å². The molecule has 2 aromatic carbocycles. The van der Waals surface area contributed by atoms with E-state index in [1.165, 1.54) is 24.4 Å². The number of hydrogen-bond donors (Lipinski definition) is 1. The molecule has 0 fully saturated rings. The Morgan fingerprint density at radius 2 is 2.07 bits per heavy atom. The summed E-state index contributed by atoms with van der Waals surface area (Å²) in [6.45, 7) is 1.49. The summed E-state index contributed by atoms with van der Waals surface area (Å²) >= 11 is 6.13. The van der Waals surface area contributed by atoms with E-state index < -0.39 is 17.4 Å². The van der Waals surface area contributed by atoms with E-state index in [4.69, 9.17) is 20.8 Å². The van der Waals surface area contributed by atoms with Crippen molar-refractivity contribution >= 4 is 29.4 Å². The van der Waals surface area contributed by atoms with Crippen molar-refractivity contribution in [1.82, 2.24) is 5.43 Å². The van der Waals surface area contributed by atoms with Crippen molar-refractivity contribution in [3.05, 3.63) is 81.1 Å². The number of para-hydroxylation sites is 2. The molecule has 148 valence electrons. The van der Waals surface area contributed by atoms with Crippen LogP contribution in [0.15, 0.2) is 64.1 Å². The van der Waals surface area contributed by atoms with E-state index in [1.807, 2.05) is 19.1 Å². The molecule has 8 nitrogen and oxygen atoms in total. The molecule has 0 radical (unpaired) electrons. The number of carbonyl (C=O) groups excluding carboxylic acids is 1. The van der Waals surface area contributed by atoms with Crippen molar-refractivity contribution in [1.29, 1.82) is 0 Å². The second kappa shape index (κ2) is 9.03. The second-order valence-electron chi connectivity index (χ2n) is 5.97. The minimum Gasteiger partial charge on any atom is -0.477 e. The average molecular weight is 414 g/mol. The largest absolute Gasteiger partial charge is 0.477 e. The molecule has 3 aromatic rings. The lowest BCUT2D eigenvalue weighted by molar-refractivity contribution is -0.385. The van der Waals surface area contributed by atoms with Crippen LogP contribution in [-0.2, 0) is 4.79 Å². The van der Waals surface area contributed by atoms with Crippen LogP contribution in [0.1, 0.15) is 11.3 Å². The molecule has 0 bridgehead atoms. The molecule has 0 aliphatic heterocycles. The lowest BCUT2D eigenvalue weighted by Crippen LogP contribution is -2.24. The summed E-state index contributed by atoms with van der Waals surface area (Å²) in [6, 6.07) is 14.8. The standard InChI is InChI=1S/C20H16ClN3O5/c1-13-6-7-14(10-16(13)21)18-9-8-15(29-18)11-22-23-20(25)12-28-19-5-3-2-4-17(19)24(26)27/h2-11H,12H2,1H3,(H,23,25)/b22-11+. The summed E-state index contributed by atoms with van der Waals surface area (Å²) in [4.78, 5) is 22.2. The van der Waals surface area contributed by atoms with E-state index in [-0.39, 0.29) is 11.4 Å². The molecule has 1 aromatic heterocycles.